The van der Waals surface area contributed by atoms with Gasteiger partial charge in [-0.3, -0.25) is 9.59 Å². The minimum Gasteiger partial charge on any atom is -0.508 e. The van der Waals surface area contributed by atoms with Crippen molar-refractivity contribution in [2.45, 2.75) is 104 Å². The number of rotatable bonds is 6. The number of fused-ring (bicyclic) bond motifs is 1. The van der Waals surface area contributed by atoms with Crippen LogP contribution < -0.4 is 0 Å². The van der Waals surface area contributed by atoms with Crippen LogP contribution in [-0.2, 0) is 36.6 Å². The molecule has 1 N–H and O–H groups in total. The molecule has 1 aliphatic heterocycles. The molecular formula is C35H46O7. The van der Waals surface area contributed by atoms with E-state index in [0.717, 1.165) is 38.5 Å². The third kappa shape index (κ3) is 7.53. The predicted octanol–water partition coefficient (Wildman–Crippen LogP) is 6.83. The smallest absolute Gasteiger partial charge is 0.338 e. The van der Waals surface area contributed by atoms with Gasteiger partial charge in [-0.1, -0.05) is 52.0 Å². The van der Waals surface area contributed by atoms with Crippen molar-refractivity contribution in [3.63, 3.8) is 0 Å². The normalized spacial score (nSPS) is 26.0. The lowest BCUT2D eigenvalue weighted by atomic mass is 9.88. The Labute approximate surface area is 249 Å². The molecule has 6 rings (SSSR count). The first-order valence-corrected chi connectivity index (χ1v) is 15.5. The fourth-order valence-corrected chi connectivity index (χ4v) is 6.45. The van der Waals surface area contributed by atoms with Crippen LogP contribution in [-0.4, -0.2) is 40.8 Å². The summed E-state index contributed by atoms with van der Waals surface area (Å²) in [6.45, 7) is 9.87. The maximum Gasteiger partial charge on any atom is 0.338 e. The van der Waals surface area contributed by atoms with Crippen molar-refractivity contribution in [2.75, 3.05) is 0 Å². The highest BCUT2D eigenvalue weighted by Crippen LogP contribution is 2.55. The molecule has 2 aromatic rings. The van der Waals surface area contributed by atoms with Gasteiger partial charge in [-0.15, -0.1) is 0 Å². The number of aryl methyl sites for hydroxylation is 2. The monoisotopic (exact) mass is 578 g/mol. The Morgan fingerprint density at radius 3 is 2.07 bits per heavy atom. The van der Waals surface area contributed by atoms with Gasteiger partial charge >= 0.3 is 17.9 Å². The average molecular weight is 579 g/mol. The maximum atomic E-state index is 12.0. The van der Waals surface area contributed by atoms with E-state index in [2.05, 4.69) is 13.8 Å². The van der Waals surface area contributed by atoms with Gasteiger partial charge in [0.1, 0.15) is 23.6 Å². The molecule has 0 radical (unpaired) electrons. The number of aromatic hydroxyl groups is 1. The number of phenols is 1. The van der Waals surface area contributed by atoms with Gasteiger partial charge in [-0.25, -0.2) is 4.79 Å². The van der Waals surface area contributed by atoms with E-state index in [1.807, 2.05) is 57.2 Å². The fourth-order valence-electron chi connectivity index (χ4n) is 6.45. The number of carbonyl (C=O) groups excluding carboxylic acids is 3. The molecule has 3 aliphatic carbocycles. The Morgan fingerprint density at radius 1 is 0.952 bits per heavy atom. The fraction of sp³-hybridized carbons (Fsp3) is 0.571. The van der Waals surface area contributed by atoms with E-state index in [1.165, 1.54) is 24.0 Å². The lowest BCUT2D eigenvalue weighted by Crippen LogP contribution is -2.36. The highest BCUT2D eigenvalue weighted by Gasteiger charge is 2.63. The van der Waals surface area contributed by atoms with Crippen LogP contribution >= 0.6 is 0 Å². The van der Waals surface area contributed by atoms with Gasteiger partial charge in [0.25, 0.3) is 0 Å². The molecule has 2 aromatic carbocycles. The summed E-state index contributed by atoms with van der Waals surface area (Å²) in [5, 5.41) is 8.85. The molecule has 0 amide bonds. The topological polar surface area (TPSA) is 99.1 Å². The zero-order valence-corrected chi connectivity index (χ0v) is 25.6. The highest BCUT2D eigenvalue weighted by atomic mass is 16.6. The van der Waals surface area contributed by atoms with Crippen LogP contribution in [0.5, 0.6) is 5.75 Å². The van der Waals surface area contributed by atoms with Crippen molar-refractivity contribution in [1.29, 1.82) is 0 Å². The molecule has 1 heterocycles. The molecule has 1 saturated heterocycles. The minimum absolute atomic E-state index is 0.0828. The minimum atomic E-state index is -0.236. The Hall–Kier alpha value is -3.35. The zero-order chi connectivity index (χ0) is 30.4. The first-order valence-electron chi connectivity index (χ1n) is 15.5. The van der Waals surface area contributed by atoms with Crippen molar-refractivity contribution in [3.05, 3.63) is 65.2 Å². The van der Waals surface area contributed by atoms with Crippen molar-refractivity contribution in [1.82, 2.24) is 0 Å². The van der Waals surface area contributed by atoms with Gasteiger partial charge in [0.15, 0.2) is 0 Å². The first-order chi connectivity index (χ1) is 20.0. The number of hydrogen-bond donors (Lipinski definition) is 1. The number of carbonyl (C=O) groups is 3. The van der Waals surface area contributed by atoms with Crippen LogP contribution in [0.3, 0.4) is 0 Å². The van der Waals surface area contributed by atoms with Crippen LogP contribution in [0.2, 0.25) is 0 Å². The van der Waals surface area contributed by atoms with E-state index in [-0.39, 0.29) is 47.6 Å². The Balaban J connectivity index is 0.000000152. The molecule has 228 valence electrons. The van der Waals surface area contributed by atoms with E-state index in [0.29, 0.717) is 23.1 Å². The molecule has 3 saturated carbocycles. The van der Waals surface area contributed by atoms with Crippen molar-refractivity contribution in [3.8, 4) is 5.75 Å². The van der Waals surface area contributed by atoms with E-state index < -0.39 is 0 Å². The molecule has 7 heteroatoms. The number of phenolic OH excluding ortho intramolecular Hbond substituents is 1. The number of esters is 3. The maximum absolute atomic E-state index is 12.0. The van der Waals surface area contributed by atoms with Crippen LogP contribution in [0.25, 0.3) is 0 Å². The van der Waals surface area contributed by atoms with Crippen LogP contribution in [0, 0.1) is 23.7 Å². The molecule has 0 spiro atoms. The highest BCUT2D eigenvalue weighted by molar-refractivity contribution is 5.89. The number of hydrogen-bond acceptors (Lipinski definition) is 7. The Morgan fingerprint density at radius 2 is 1.52 bits per heavy atom. The van der Waals surface area contributed by atoms with Gasteiger partial charge in [-0.2, -0.15) is 0 Å². The summed E-state index contributed by atoms with van der Waals surface area (Å²) in [6, 6.07) is 15.0. The van der Waals surface area contributed by atoms with E-state index in [9.17, 15) is 14.4 Å². The standard InChI is InChI=1S/C15H20O2.C12H16O4.C8H10O/c1-3-12-6-8-13(9-7-12)14(16)17-15(2)10-4-5-11-15;1-5(2)11(13)15-9-6-3-7-8(4-6)12(14)16-10(7)9;1-2-7-3-5-8(9)6-4-7/h6-9H,3-5,10-11H2,1-2H3;5-10H,3-4H2,1-2H3;3-6,9H,2H2,1H3. The van der Waals surface area contributed by atoms with Gasteiger partial charge < -0.3 is 19.3 Å². The van der Waals surface area contributed by atoms with Gasteiger partial charge in [0.2, 0.25) is 0 Å². The zero-order valence-electron chi connectivity index (χ0n) is 25.6. The van der Waals surface area contributed by atoms with Crippen LogP contribution in [0.4, 0.5) is 0 Å². The third-order valence-corrected chi connectivity index (χ3v) is 9.08. The molecule has 7 nitrogen and oxygen atoms in total. The summed E-state index contributed by atoms with van der Waals surface area (Å²) in [4.78, 5) is 35.0. The third-order valence-electron chi connectivity index (χ3n) is 9.08. The van der Waals surface area contributed by atoms with Crippen molar-refractivity contribution < 1.29 is 33.7 Å². The second kappa shape index (κ2) is 13.7. The largest absolute Gasteiger partial charge is 0.508 e. The van der Waals surface area contributed by atoms with Crippen molar-refractivity contribution >= 4 is 17.9 Å². The second-order valence-electron chi connectivity index (χ2n) is 12.6. The molecule has 0 aromatic heterocycles. The summed E-state index contributed by atoms with van der Waals surface area (Å²) < 4.78 is 16.4. The Kier molecular flexibility index (Phi) is 10.3. The van der Waals surface area contributed by atoms with Gasteiger partial charge in [0, 0.05) is 11.8 Å². The molecule has 5 unspecified atom stereocenters. The summed E-state index contributed by atoms with van der Waals surface area (Å²) in [5.74, 6) is 0.509. The lowest BCUT2D eigenvalue weighted by Gasteiger charge is -2.25. The summed E-state index contributed by atoms with van der Waals surface area (Å²) >= 11 is 0. The molecular weight excluding hydrogens is 532 g/mol. The molecule has 42 heavy (non-hydrogen) atoms. The lowest BCUT2D eigenvalue weighted by molar-refractivity contribution is -0.164. The van der Waals surface area contributed by atoms with E-state index >= 15 is 0 Å². The van der Waals surface area contributed by atoms with E-state index in [1.54, 1.807) is 12.1 Å². The Bertz CT molecular complexity index is 1210. The second-order valence-corrected chi connectivity index (χ2v) is 12.6. The molecule has 2 bridgehead atoms. The predicted molar refractivity (Wildman–Crippen MR) is 160 cm³/mol. The summed E-state index contributed by atoms with van der Waals surface area (Å²) in [7, 11) is 0. The summed E-state index contributed by atoms with van der Waals surface area (Å²) in [6.07, 6.45) is 7.83. The van der Waals surface area contributed by atoms with Gasteiger partial charge in [0.05, 0.1) is 17.4 Å². The van der Waals surface area contributed by atoms with Crippen molar-refractivity contribution in [2.24, 2.45) is 23.7 Å². The van der Waals surface area contributed by atoms with E-state index in [4.69, 9.17) is 19.3 Å². The van der Waals surface area contributed by atoms with Gasteiger partial charge in [-0.05, 0) is 93.7 Å². The van der Waals surface area contributed by atoms with Crippen LogP contribution in [0.15, 0.2) is 48.5 Å². The summed E-state index contributed by atoms with van der Waals surface area (Å²) in [5.41, 5.74) is 2.93. The molecule has 4 fully saturated rings. The quantitative estimate of drug-likeness (QED) is 0.296. The first kappa shape index (κ1) is 31.6. The van der Waals surface area contributed by atoms with Crippen LogP contribution in [0.1, 0.15) is 94.6 Å². The number of benzene rings is 2. The average Bonchev–Trinajstić information content (AvgIpc) is 3.73. The SMILES string of the molecule is CC(C)C(=O)OC1C2CC3C(=O)OC1C3C2.CCc1ccc(C(=O)OC2(C)CCCC2)cc1.CCc1ccc(O)cc1. The number of ether oxygens (including phenoxy) is 3. The molecule has 4 aliphatic rings. The molecule has 5 atom stereocenters.